The van der Waals surface area contributed by atoms with E-state index in [1.165, 1.54) is 0 Å². The van der Waals surface area contributed by atoms with Crippen LogP contribution in [0.2, 0.25) is 0 Å². The fourth-order valence-electron chi connectivity index (χ4n) is 0. The zero-order chi connectivity index (χ0) is 4.00. The van der Waals surface area contributed by atoms with Crippen molar-refractivity contribution in [2.24, 2.45) is 0 Å². The van der Waals surface area contributed by atoms with E-state index in [4.69, 9.17) is 21.0 Å². The minimum absolute atomic E-state index is 0. The molecule has 0 aromatic rings. The van der Waals surface area contributed by atoms with E-state index in [2.05, 4.69) is 0 Å². The summed E-state index contributed by atoms with van der Waals surface area (Å²) in [5.41, 5.74) is 0. The Morgan fingerprint density at radius 3 is 0.833 bits per heavy atom. The maximum absolute atomic E-state index is 6.00. The van der Waals surface area contributed by atoms with E-state index in [0.717, 1.165) is 0 Å². The smallest absolute Gasteiger partial charge is 1.00 e. The van der Waals surface area contributed by atoms with Gasteiger partial charge in [-0.15, -0.1) is 0 Å². The van der Waals surface area contributed by atoms with Crippen LogP contribution < -0.4 is 48.4 Å². The summed E-state index contributed by atoms with van der Waals surface area (Å²) >= 11 is 0. The molecule has 6 heavy (non-hydrogen) atoms. The Balaban J connectivity index is -0.00000000167. The second-order valence-corrected chi connectivity index (χ2v) is 0. The average molecular weight is 100.0 g/mol. The SMILES string of the molecule is OO.OO.[H-].[H-].[Li+].[Na+]. The first kappa shape index (κ1) is 26.1. The third-order valence-electron chi connectivity index (χ3n) is 0. The van der Waals surface area contributed by atoms with Gasteiger partial charge in [0.05, 0.1) is 0 Å². The van der Waals surface area contributed by atoms with E-state index in [1.54, 1.807) is 0 Å². The molecule has 0 bridgehead atoms. The summed E-state index contributed by atoms with van der Waals surface area (Å²) in [7, 11) is 0. The van der Waals surface area contributed by atoms with Gasteiger partial charge in [-0.3, -0.25) is 21.0 Å². The molecule has 0 amide bonds. The van der Waals surface area contributed by atoms with Crippen molar-refractivity contribution >= 4 is 0 Å². The molecule has 0 spiro atoms. The minimum atomic E-state index is 0. The van der Waals surface area contributed by atoms with Crippen molar-refractivity contribution < 1.29 is 72.3 Å². The fraction of sp³-hybridized carbons (Fsp3) is 0. The molecule has 0 aromatic carbocycles. The molecule has 0 aliphatic rings. The van der Waals surface area contributed by atoms with Crippen LogP contribution in [0.15, 0.2) is 0 Å². The van der Waals surface area contributed by atoms with Crippen LogP contribution in [0.5, 0.6) is 0 Å². The predicted octanol–water partition coefficient (Wildman–Crippen LogP) is -5.73. The number of rotatable bonds is 0. The Morgan fingerprint density at radius 1 is 0.833 bits per heavy atom. The van der Waals surface area contributed by atoms with E-state index in [0.29, 0.717) is 0 Å². The number of hydrogen-bond donors (Lipinski definition) is 4. The molecule has 0 aliphatic heterocycles. The van der Waals surface area contributed by atoms with Gasteiger partial charge in [-0.1, -0.05) is 0 Å². The van der Waals surface area contributed by atoms with Gasteiger partial charge in [0.2, 0.25) is 0 Å². The molecular weight excluding hydrogens is 93.9 g/mol. The Hall–Kier alpha value is 1.44. The van der Waals surface area contributed by atoms with Gasteiger partial charge >= 0.3 is 48.4 Å². The van der Waals surface area contributed by atoms with E-state index >= 15 is 0 Å². The molecule has 32 valence electrons. The van der Waals surface area contributed by atoms with Crippen LogP contribution in [-0.2, 0) is 0 Å². The second-order valence-electron chi connectivity index (χ2n) is 0. The molecule has 0 saturated heterocycles. The van der Waals surface area contributed by atoms with Crippen LogP contribution in [0.25, 0.3) is 0 Å². The van der Waals surface area contributed by atoms with Crippen LogP contribution in [0.3, 0.4) is 0 Å². The van der Waals surface area contributed by atoms with Crippen molar-refractivity contribution in [2.75, 3.05) is 0 Å². The molecule has 0 atom stereocenters. The quantitative estimate of drug-likeness (QED) is 0.139. The molecule has 4 nitrogen and oxygen atoms in total. The molecule has 4 N–H and O–H groups in total. The molecule has 0 heterocycles. The Bertz CT molecular complexity index is 14.0. The first-order valence-corrected chi connectivity index (χ1v) is 0.400. The maximum Gasteiger partial charge on any atom is 1.00 e. The summed E-state index contributed by atoms with van der Waals surface area (Å²) in [6, 6.07) is 0. The van der Waals surface area contributed by atoms with Gasteiger partial charge in [0.25, 0.3) is 0 Å². The van der Waals surface area contributed by atoms with Gasteiger partial charge in [-0.25, -0.2) is 0 Å². The Labute approximate surface area is 72.1 Å². The summed E-state index contributed by atoms with van der Waals surface area (Å²) in [5, 5.41) is 24.0. The molecular formula is H6LiNaO4. The van der Waals surface area contributed by atoms with Crippen molar-refractivity contribution in [1.29, 1.82) is 0 Å². The molecule has 0 aromatic heterocycles. The largest absolute Gasteiger partial charge is 1.00 e. The molecule has 0 radical (unpaired) electrons. The van der Waals surface area contributed by atoms with E-state index in [1.807, 2.05) is 0 Å². The maximum atomic E-state index is 6.00. The first-order chi connectivity index (χ1) is 2.00. The van der Waals surface area contributed by atoms with Gasteiger partial charge in [-0.2, -0.15) is 0 Å². The molecule has 0 saturated carbocycles. The van der Waals surface area contributed by atoms with Gasteiger partial charge in [-0.05, 0) is 0 Å². The van der Waals surface area contributed by atoms with Crippen LogP contribution in [0.1, 0.15) is 2.85 Å². The van der Waals surface area contributed by atoms with Crippen LogP contribution in [0, 0.1) is 0 Å². The topological polar surface area (TPSA) is 80.9 Å². The third kappa shape index (κ3) is 51.8. The summed E-state index contributed by atoms with van der Waals surface area (Å²) in [4.78, 5) is 0. The van der Waals surface area contributed by atoms with Crippen LogP contribution in [-0.4, -0.2) is 21.0 Å². The summed E-state index contributed by atoms with van der Waals surface area (Å²) < 4.78 is 0. The van der Waals surface area contributed by atoms with Gasteiger partial charge < -0.3 is 2.85 Å². The van der Waals surface area contributed by atoms with E-state index in [9.17, 15) is 0 Å². The predicted molar refractivity (Wildman–Crippen MR) is 12.7 cm³/mol. The van der Waals surface area contributed by atoms with Gasteiger partial charge in [0.15, 0.2) is 0 Å². The standard InChI is InChI=1S/Li.Na.2H2O2.2H/c;;2*1-2;;/h;;2*1-2H;;/q2*+1;;;2*-1. The van der Waals surface area contributed by atoms with E-state index < -0.39 is 0 Å². The molecule has 0 fully saturated rings. The first-order valence-electron chi connectivity index (χ1n) is 0.400. The Kier molecular flexibility index (Phi) is 400. The van der Waals surface area contributed by atoms with Crippen molar-refractivity contribution in [3.8, 4) is 0 Å². The van der Waals surface area contributed by atoms with E-state index in [-0.39, 0.29) is 51.3 Å². The molecule has 6 heteroatoms. The summed E-state index contributed by atoms with van der Waals surface area (Å²) in [6.45, 7) is 0. The van der Waals surface area contributed by atoms with Gasteiger partial charge in [0, 0.05) is 0 Å². The molecule has 0 rings (SSSR count). The van der Waals surface area contributed by atoms with Gasteiger partial charge in [0.1, 0.15) is 0 Å². The zero-order valence-electron chi connectivity index (χ0n) is 5.79. The second kappa shape index (κ2) is 92.1. The third-order valence-corrected chi connectivity index (χ3v) is 0. The molecule has 0 aliphatic carbocycles. The number of hydrogen-bond acceptors (Lipinski definition) is 4. The van der Waals surface area contributed by atoms with Crippen molar-refractivity contribution in [3.63, 3.8) is 0 Å². The minimum Gasteiger partial charge on any atom is -1.00 e. The van der Waals surface area contributed by atoms with Crippen molar-refractivity contribution in [2.45, 2.75) is 0 Å². The molecule has 0 unspecified atom stereocenters. The van der Waals surface area contributed by atoms with Crippen molar-refractivity contribution in [1.82, 2.24) is 0 Å². The normalized spacial score (nSPS) is 2.00. The van der Waals surface area contributed by atoms with Crippen LogP contribution in [0.4, 0.5) is 0 Å². The van der Waals surface area contributed by atoms with Crippen LogP contribution >= 0.6 is 0 Å². The fourth-order valence-corrected chi connectivity index (χ4v) is 0. The summed E-state index contributed by atoms with van der Waals surface area (Å²) in [5.74, 6) is 0. The van der Waals surface area contributed by atoms with Crippen molar-refractivity contribution in [3.05, 3.63) is 0 Å². The monoisotopic (exact) mass is 100 g/mol. The zero-order valence-corrected chi connectivity index (χ0v) is 5.79. The average Bonchev–Trinajstić information content (AvgIpc) is 1.50. The Morgan fingerprint density at radius 2 is 0.833 bits per heavy atom. The summed E-state index contributed by atoms with van der Waals surface area (Å²) in [6.07, 6.45) is 0.